The Labute approximate surface area is 164 Å². The second kappa shape index (κ2) is 8.86. The molecule has 5 nitrogen and oxygen atoms in total. The number of carbonyl (C=O) groups excluding carboxylic acids is 1. The molecule has 0 aromatic heterocycles. The van der Waals surface area contributed by atoms with Gasteiger partial charge in [0.2, 0.25) is 5.91 Å². The van der Waals surface area contributed by atoms with Crippen LogP contribution in [0.5, 0.6) is 11.5 Å². The van der Waals surface area contributed by atoms with Gasteiger partial charge in [-0.05, 0) is 36.2 Å². The average Bonchev–Trinajstić information content (AvgIpc) is 2.73. The summed E-state index contributed by atoms with van der Waals surface area (Å²) in [5, 5.41) is 23.6. The Kier molecular flexibility index (Phi) is 6.07. The fourth-order valence-corrected chi connectivity index (χ4v) is 3.05. The fourth-order valence-electron chi connectivity index (χ4n) is 3.05. The standard InChI is InChI=1S/C23H22N2O3/c1-16(20-14-19(26)12-13-22(20)27)24-25-23(28)15-21(17-8-4-2-5-9-17)18-10-6-3-7-11-18/h2-14,21,26-27H,15H2,1H3,(H,25,28). The SMILES string of the molecule is CC(=NNC(=O)CC(c1ccccc1)c1ccccc1)c1cc(O)ccc1O. The Morgan fingerprint density at radius 1 is 0.929 bits per heavy atom. The van der Waals surface area contributed by atoms with Gasteiger partial charge in [0.05, 0.1) is 5.71 Å². The van der Waals surface area contributed by atoms with Gasteiger partial charge in [0.15, 0.2) is 0 Å². The van der Waals surface area contributed by atoms with Gasteiger partial charge in [-0.15, -0.1) is 0 Å². The van der Waals surface area contributed by atoms with Crippen molar-refractivity contribution in [3.8, 4) is 11.5 Å². The van der Waals surface area contributed by atoms with Gasteiger partial charge in [-0.2, -0.15) is 5.10 Å². The van der Waals surface area contributed by atoms with Crippen LogP contribution in [-0.4, -0.2) is 21.8 Å². The first kappa shape index (κ1) is 19.2. The Morgan fingerprint density at radius 2 is 1.50 bits per heavy atom. The van der Waals surface area contributed by atoms with E-state index in [9.17, 15) is 15.0 Å². The number of hydrazone groups is 1. The van der Waals surface area contributed by atoms with Crippen LogP contribution in [0.1, 0.15) is 36.0 Å². The molecule has 0 aliphatic carbocycles. The van der Waals surface area contributed by atoms with Crippen LogP contribution < -0.4 is 5.43 Å². The molecule has 3 aromatic rings. The lowest BCUT2D eigenvalue weighted by molar-refractivity contribution is -0.121. The Morgan fingerprint density at radius 3 is 2.07 bits per heavy atom. The Bertz CT molecular complexity index is 930. The molecule has 5 heteroatoms. The predicted molar refractivity (Wildman–Crippen MR) is 109 cm³/mol. The molecule has 1 amide bonds. The summed E-state index contributed by atoms with van der Waals surface area (Å²) in [4.78, 5) is 12.6. The lowest BCUT2D eigenvalue weighted by Crippen LogP contribution is -2.22. The van der Waals surface area contributed by atoms with Crippen LogP contribution in [0.4, 0.5) is 0 Å². The molecule has 0 bridgehead atoms. The summed E-state index contributed by atoms with van der Waals surface area (Å²) in [6.45, 7) is 1.65. The molecule has 0 unspecified atom stereocenters. The number of nitrogens with zero attached hydrogens (tertiary/aromatic N) is 1. The number of hydrogen-bond acceptors (Lipinski definition) is 4. The van der Waals surface area contributed by atoms with E-state index in [-0.39, 0.29) is 29.7 Å². The minimum atomic E-state index is -0.239. The monoisotopic (exact) mass is 374 g/mol. The zero-order valence-electron chi connectivity index (χ0n) is 15.5. The van der Waals surface area contributed by atoms with E-state index in [1.807, 2.05) is 60.7 Å². The molecule has 0 radical (unpaired) electrons. The summed E-state index contributed by atoms with van der Waals surface area (Å²) in [5.74, 6) is -0.328. The number of aromatic hydroxyl groups is 2. The van der Waals surface area contributed by atoms with Crippen LogP contribution in [0.25, 0.3) is 0 Å². The summed E-state index contributed by atoms with van der Waals surface area (Å²) < 4.78 is 0. The van der Waals surface area contributed by atoms with Gasteiger partial charge in [-0.1, -0.05) is 60.7 Å². The van der Waals surface area contributed by atoms with Crippen LogP contribution in [0.2, 0.25) is 0 Å². The van der Waals surface area contributed by atoms with E-state index in [4.69, 9.17) is 0 Å². The second-order valence-corrected chi connectivity index (χ2v) is 6.51. The smallest absolute Gasteiger partial charge is 0.241 e. The number of rotatable bonds is 6. The number of benzene rings is 3. The molecular weight excluding hydrogens is 352 g/mol. The fraction of sp³-hybridized carbons (Fsp3) is 0.130. The minimum Gasteiger partial charge on any atom is -0.508 e. The van der Waals surface area contributed by atoms with Crippen molar-refractivity contribution >= 4 is 11.6 Å². The minimum absolute atomic E-state index is 0.0141. The van der Waals surface area contributed by atoms with Crippen molar-refractivity contribution in [2.75, 3.05) is 0 Å². The summed E-state index contributed by atoms with van der Waals surface area (Å²) in [7, 11) is 0. The first-order valence-corrected chi connectivity index (χ1v) is 9.00. The summed E-state index contributed by atoms with van der Waals surface area (Å²) >= 11 is 0. The molecule has 3 N–H and O–H groups in total. The molecule has 0 fully saturated rings. The largest absolute Gasteiger partial charge is 0.508 e. The molecule has 142 valence electrons. The van der Waals surface area contributed by atoms with E-state index in [1.165, 1.54) is 18.2 Å². The van der Waals surface area contributed by atoms with E-state index in [2.05, 4.69) is 10.5 Å². The van der Waals surface area contributed by atoms with Crippen molar-refractivity contribution in [1.82, 2.24) is 5.43 Å². The highest BCUT2D eigenvalue weighted by Crippen LogP contribution is 2.28. The number of carbonyl (C=O) groups is 1. The van der Waals surface area contributed by atoms with Gasteiger partial charge < -0.3 is 10.2 Å². The average molecular weight is 374 g/mol. The molecule has 0 atom stereocenters. The quantitative estimate of drug-likeness (QED) is 0.344. The molecule has 0 heterocycles. The molecule has 0 spiro atoms. The summed E-state index contributed by atoms with van der Waals surface area (Å²) in [6.07, 6.45) is 0.233. The van der Waals surface area contributed by atoms with Crippen molar-refractivity contribution in [2.45, 2.75) is 19.3 Å². The van der Waals surface area contributed by atoms with E-state index < -0.39 is 0 Å². The van der Waals surface area contributed by atoms with Gasteiger partial charge in [-0.25, -0.2) is 5.43 Å². The molecular formula is C23H22N2O3. The number of phenols is 2. The third kappa shape index (κ3) is 4.76. The Balaban J connectivity index is 1.76. The highest BCUT2D eigenvalue weighted by molar-refractivity contribution is 6.01. The first-order chi connectivity index (χ1) is 13.5. The van der Waals surface area contributed by atoms with Crippen LogP contribution in [-0.2, 0) is 4.79 Å². The maximum Gasteiger partial charge on any atom is 0.241 e. The van der Waals surface area contributed by atoms with Gasteiger partial charge in [0.1, 0.15) is 11.5 Å². The third-order valence-electron chi connectivity index (χ3n) is 4.51. The van der Waals surface area contributed by atoms with Crippen LogP contribution in [0, 0.1) is 0 Å². The second-order valence-electron chi connectivity index (χ2n) is 6.51. The van der Waals surface area contributed by atoms with Crippen LogP contribution in [0.15, 0.2) is 84.0 Å². The maximum absolute atomic E-state index is 12.6. The van der Waals surface area contributed by atoms with Crippen molar-refractivity contribution in [1.29, 1.82) is 0 Å². The zero-order valence-corrected chi connectivity index (χ0v) is 15.5. The van der Waals surface area contributed by atoms with Gasteiger partial charge >= 0.3 is 0 Å². The van der Waals surface area contributed by atoms with Crippen molar-refractivity contribution in [3.63, 3.8) is 0 Å². The van der Waals surface area contributed by atoms with E-state index >= 15 is 0 Å². The topological polar surface area (TPSA) is 81.9 Å². The van der Waals surface area contributed by atoms with Gasteiger partial charge in [0.25, 0.3) is 0 Å². The van der Waals surface area contributed by atoms with Gasteiger partial charge in [0, 0.05) is 17.9 Å². The molecule has 3 rings (SSSR count). The number of nitrogens with one attached hydrogen (secondary N) is 1. The number of hydrogen-bond donors (Lipinski definition) is 3. The third-order valence-corrected chi connectivity index (χ3v) is 4.51. The van der Waals surface area contributed by atoms with Crippen molar-refractivity contribution < 1.29 is 15.0 Å². The van der Waals surface area contributed by atoms with E-state index in [0.29, 0.717) is 11.3 Å². The lowest BCUT2D eigenvalue weighted by atomic mass is 9.88. The highest BCUT2D eigenvalue weighted by Gasteiger charge is 2.18. The highest BCUT2D eigenvalue weighted by atomic mass is 16.3. The number of phenolic OH excluding ortho intramolecular Hbond substituents is 2. The Hall–Kier alpha value is -3.60. The molecule has 28 heavy (non-hydrogen) atoms. The maximum atomic E-state index is 12.6. The normalized spacial score (nSPS) is 11.4. The molecule has 0 saturated carbocycles. The summed E-state index contributed by atoms with van der Waals surface area (Å²) in [5.41, 5.74) is 5.42. The van der Waals surface area contributed by atoms with Crippen LogP contribution >= 0.6 is 0 Å². The molecule has 0 aliphatic heterocycles. The molecule has 3 aromatic carbocycles. The molecule has 0 aliphatic rings. The number of amides is 1. The van der Waals surface area contributed by atoms with E-state index in [0.717, 1.165) is 11.1 Å². The predicted octanol–water partition coefficient (Wildman–Crippen LogP) is 4.16. The zero-order chi connectivity index (χ0) is 19.9. The lowest BCUT2D eigenvalue weighted by Gasteiger charge is -2.17. The summed E-state index contributed by atoms with van der Waals surface area (Å²) in [6, 6.07) is 23.9. The van der Waals surface area contributed by atoms with Crippen molar-refractivity contribution in [2.24, 2.45) is 5.10 Å². The first-order valence-electron chi connectivity index (χ1n) is 9.00. The van der Waals surface area contributed by atoms with Gasteiger partial charge in [-0.3, -0.25) is 4.79 Å². The van der Waals surface area contributed by atoms with Crippen molar-refractivity contribution in [3.05, 3.63) is 95.6 Å². The molecule has 0 saturated heterocycles. The van der Waals surface area contributed by atoms with E-state index in [1.54, 1.807) is 6.92 Å². The van der Waals surface area contributed by atoms with Crippen LogP contribution in [0.3, 0.4) is 0 Å².